The number of rotatable bonds is 12. The third-order valence-corrected chi connectivity index (χ3v) is 11.9. The summed E-state index contributed by atoms with van der Waals surface area (Å²) >= 11 is 0. The second-order valence-corrected chi connectivity index (χ2v) is 17.9. The van der Waals surface area contributed by atoms with Gasteiger partial charge in [0.1, 0.15) is 36.4 Å². The lowest BCUT2D eigenvalue weighted by Gasteiger charge is -2.33. The summed E-state index contributed by atoms with van der Waals surface area (Å²) in [6.45, 7) is 23.2. The Labute approximate surface area is 387 Å². The Kier molecular flexibility index (Phi) is 23.2. The van der Waals surface area contributed by atoms with E-state index in [1.54, 1.807) is 32.1 Å². The van der Waals surface area contributed by atoms with Crippen LogP contribution in [0.15, 0.2) is 66.0 Å². The van der Waals surface area contributed by atoms with Gasteiger partial charge in [-0.1, -0.05) is 103 Å². The quantitative estimate of drug-likeness (QED) is 0.128. The number of ether oxygens (including phenoxy) is 3. The molecule has 0 spiro atoms. The maximum atomic E-state index is 14.2. The van der Waals surface area contributed by atoms with Gasteiger partial charge >= 0.3 is 11.9 Å². The van der Waals surface area contributed by atoms with E-state index in [4.69, 9.17) is 14.2 Å². The largest absolute Gasteiger partial charge is 0.495 e. The van der Waals surface area contributed by atoms with Gasteiger partial charge in [-0.3, -0.25) is 24.0 Å². The third-order valence-electron chi connectivity index (χ3n) is 11.9. The number of allylic oxidation sites excluding steroid dienone is 2. The van der Waals surface area contributed by atoms with E-state index >= 15 is 0 Å². The van der Waals surface area contributed by atoms with Gasteiger partial charge in [0.2, 0.25) is 23.6 Å². The second kappa shape index (κ2) is 27.1. The van der Waals surface area contributed by atoms with Crippen molar-refractivity contribution in [1.82, 2.24) is 25.8 Å². The summed E-state index contributed by atoms with van der Waals surface area (Å²) in [5.41, 5.74) is 1.68. The summed E-state index contributed by atoms with van der Waals surface area (Å²) in [4.78, 5) is 99.6. The van der Waals surface area contributed by atoms with E-state index < -0.39 is 96.4 Å². The van der Waals surface area contributed by atoms with Gasteiger partial charge in [-0.15, -0.1) is 0 Å². The van der Waals surface area contributed by atoms with Crippen molar-refractivity contribution in [2.24, 2.45) is 17.8 Å². The average molecular weight is 908 g/mol. The van der Waals surface area contributed by atoms with Gasteiger partial charge in [0.15, 0.2) is 6.10 Å². The van der Waals surface area contributed by atoms with Gasteiger partial charge in [-0.05, 0) is 70.4 Å². The van der Waals surface area contributed by atoms with Crippen LogP contribution in [0, 0.1) is 17.8 Å². The van der Waals surface area contributed by atoms with Crippen LogP contribution in [0.1, 0.15) is 120 Å². The zero-order chi connectivity index (χ0) is 49.1. The molecule has 0 aliphatic carbocycles. The molecular weight excluding hydrogens is 831 g/mol. The Hall–Kier alpha value is -5.47. The summed E-state index contributed by atoms with van der Waals surface area (Å²) in [5.74, 6) is -4.95. The van der Waals surface area contributed by atoms with Crippen LogP contribution in [0.5, 0.6) is 0 Å². The minimum absolute atomic E-state index is 0.0729. The predicted octanol–water partition coefficient (Wildman–Crippen LogP) is 5.97. The summed E-state index contributed by atoms with van der Waals surface area (Å²) in [6.07, 6.45) is 4.05. The lowest BCUT2D eigenvalue weighted by molar-refractivity contribution is -0.155. The van der Waals surface area contributed by atoms with Crippen LogP contribution >= 0.6 is 0 Å². The summed E-state index contributed by atoms with van der Waals surface area (Å²) in [5, 5.41) is 8.20. The minimum atomic E-state index is -1.25. The van der Waals surface area contributed by atoms with Crippen molar-refractivity contribution in [2.45, 2.75) is 164 Å². The first kappa shape index (κ1) is 55.7. The average Bonchev–Trinajstić information content (AvgIpc) is 3.27. The number of hydrogen-bond donors (Lipinski definition) is 3. The van der Waals surface area contributed by atoms with Crippen LogP contribution < -0.4 is 16.0 Å². The molecule has 0 saturated heterocycles. The standard InChI is InChI=1S/C50H77N5O10/c1-15-18-22-34(9)63-40-26-25-33(8)49(61)64-41(27-30(4)5)45(57)51-36(11)47(59)55(14)39(28-38-23-20-19-21-24-38)48(60)54(13)29-42(56)53-43(31(6)16-2)46(58)52-37(12)50(62)65-44(35(40)10)32(7)17-3/h17,19-21,23-25,30-31,35-37,39-41,43-44H,9,15-16,18,22,26-29H2,1-8,10-14H3,(H,51,57)(H,52,58)(H,53,56)/b32-17+,33-25+/t31?,35-,36-,37-,39+,40-,41+,43-,44+/m0/s1. The van der Waals surface area contributed by atoms with Crippen molar-refractivity contribution in [2.75, 3.05) is 20.6 Å². The van der Waals surface area contributed by atoms with Gasteiger partial charge in [-0.25, -0.2) is 9.59 Å². The lowest BCUT2D eigenvalue weighted by atomic mass is 9.90. The van der Waals surface area contributed by atoms with Crippen LogP contribution in [0.25, 0.3) is 0 Å². The molecule has 0 fully saturated rings. The monoisotopic (exact) mass is 908 g/mol. The molecule has 2 rings (SSSR count). The fourth-order valence-corrected chi connectivity index (χ4v) is 7.34. The molecular formula is C50H77N5O10. The molecule has 65 heavy (non-hydrogen) atoms. The van der Waals surface area contributed by atoms with E-state index in [2.05, 4.69) is 29.5 Å². The Morgan fingerprint density at radius 2 is 1.54 bits per heavy atom. The summed E-state index contributed by atoms with van der Waals surface area (Å²) in [7, 11) is 2.88. The number of carbonyl (C=O) groups is 7. The van der Waals surface area contributed by atoms with Crippen molar-refractivity contribution in [1.29, 1.82) is 0 Å². The number of nitrogens with zero attached hydrogens (tertiary/aromatic N) is 2. The zero-order valence-corrected chi connectivity index (χ0v) is 41.2. The van der Waals surface area contributed by atoms with Crippen molar-refractivity contribution >= 4 is 41.5 Å². The molecule has 15 nitrogen and oxygen atoms in total. The van der Waals surface area contributed by atoms with Crippen LogP contribution in [-0.4, -0.2) is 114 Å². The molecule has 1 heterocycles. The normalized spacial score (nSPS) is 27.1. The number of likely N-dealkylation sites (N-methyl/N-ethyl adjacent to an activating group) is 2. The highest BCUT2D eigenvalue weighted by atomic mass is 16.6. The molecule has 9 atom stereocenters. The first-order valence-electron chi connectivity index (χ1n) is 23.1. The molecule has 1 unspecified atom stereocenters. The van der Waals surface area contributed by atoms with Crippen LogP contribution in [0.4, 0.5) is 0 Å². The van der Waals surface area contributed by atoms with E-state index in [0.29, 0.717) is 18.6 Å². The van der Waals surface area contributed by atoms with E-state index in [0.717, 1.165) is 24.0 Å². The summed E-state index contributed by atoms with van der Waals surface area (Å²) < 4.78 is 18.4. The number of hydrogen-bond acceptors (Lipinski definition) is 10. The molecule has 0 bridgehead atoms. The molecule has 1 aromatic rings. The van der Waals surface area contributed by atoms with E-state index in [1.807, 2.05) is 65.8 Å². The van der Waals surface area contributed by atoms with Crippen LogP contribution in [0.2, 0.25) is 0 Å². The zero-order valence-electron chi connectivity index (χ0n) is 41.2. The molecule has 362 valence electrons. The van der Waals surface area contributed by atoms with Gasteiger partial charge < -0.3 is 40.0 Å². The van der Waals surface area contributed by atoms with Gasteiger partial charge in [-0.2, -0.15) is 0 Å². The molecule has 15 heteroatoms. The topological polar surface area (TPSA) is 190 Å². The molecule has 1 aromatic carbocycles. The highest BCUT2D eigenvalue weighted by Crippen LogP contribution is 2.28. The third kappa shape index (κ3) is 17.5. The lowest BCUT2D eigenvalue weighted by Crippen LogP contribution is -2.57. The molecule has 0 radical (unpaired) electrons. The highest BCUT2D eigenvalue weighted by Gasteiger charge is 2.37. The van der Waals surface area contributed by atoms with Crippen molar-refractivity contribution < 1.29 is 47.8 Å². The fraction of sp³-hybridized carbons (Fsp3) is 0.620. The number of nitrogens with one attached hydrogen (secondary N) is 3. The number of unbranched alkanes of at least 4 members (excludes halogenated alkanes) is 1. The maximum absolute atomic E-state index is 14.2. The summed E-state index contributed by atoms with van der Waals surface area (Å²) in [6, 6.07) is 4.61. The molecule has 1 aliphatic heterocycles. The van der Waals surface area contributed by atoms with Crippen molar-refractivity contribution in [3.05, 3.63) is 71.5 Å². The molecule has 5 amide bonds. The molecule has 3 N–H and O–H groups in total. The van der Waals surface area contributed by atoms with Crippen LogP contribution in [-0.2, 0) is 54.2 Å². The van der Waals surface area contributed by atoms with Crippen molar-refractivity contribution in [3.8, 4) is 0 Å². The Bertz CT molecular complexity index is 1860. The smallest absolute Gasteiger partial charge is 0.334 e. The number of esters is 2. The van der Waals surface area contributed by atoms with E-state index in [1.165, 1.54) is 37.7 Å². The van der Waals surface area contributed by atoms with Gasteiger partial charge in [0.05, 0.1) is 12.3 Å². The molecule has 1 aliphatic rings. The van der Waals surface area contributed by atoms with Gasteiger partial charge in [0, 0.05) is 44.8 Å². The second-order valence-electron chi connectivity index (χ2n) is 17.9. The first-order chi connectivity index (χ1) is 30.6. The number of carbonyl (C=O) groups excluding carboxylic acids is 7. The minimum Gasteiger partial charge on any atom is -0.495 e. The predicted molar refractivity (Wildman–Crippen MR) is 251 cm³/mol. The number of cyclic esters (lactones) is 2. The van der Waals surface area contributed by atoms with Crippen molar-refractivity contribution in [3.63, 3.8) is 0 Å². The maximum Gasteiger partial charge on any atom is 0.334 e. The Morgan fingerprint density at radius 1 is 0.908 bits per heavy atom. The number of amides is 5. The number of benzene rings is 1. The van der Waals surface area contributed by atoms with E-state index in [9.17, 15) is 33.6 Å². The van der Waals surface area contributed by atoms with Gasteiger partial charge in [0.25, 0.3) is 5.91 Å². The highest BCUT2D eigenvalue weighted by molar-refractivity contribution is 5.96. The fourth-order valence-electron chi connectivity index (χ4n) is 7.34. The Morgan fingerprint density at radius 3 is 2.12 bits per heavy atom. The Balaban J connectivity index is 2.72. The first-order valence-corrected chi connectivity index (χ1v) is 23.1. The SMILES string of the molecule is C=C(CCCC)O[C@H]1C/C=C(\C)C(=O)O[C@H](CC(C)C)C(=O)N[C@@H](C)C(=O)N(C)[C@H](Cc2ccccc2)C(=O)N(C)CC(=O)N[C@@H](C(C)CC)C(=O)N[C@@H](C)C(=O)O[C@H](/C(C)=C/C)[C@H]1C. The molecule has 0 aromatic heterocycles. The van der Waals surface area contributed by atoms with E-state index in [-0.39, 0.29) is 36.7 Å². The van der Waals surface area contributed by atoms with Crippen LogP contribution in [0.3, 0.4) is 0 Å². The molecule has 0 saturated carbocycles.